The van der Waals surface area contributed by atoms with E-state index in [1.54, 1.807) is 33.1 Å². The number of primary amides is 1. The van der Waals surface area contributed by atoms with Gasteiger partial charge in [0, 0.05) is 37.8 Å². The number of phenols is 1. The Kier molecular flexibility index (Phi) is 7.64. The Morgan fingerprint density at radius 3 is 2.32 bits per heavy atom. The van der Waals surface area contributed by atoms with Crippen LogP contribution in [0.5, 0.6) is 5.75 Å². The average Bonchev–Trinajstić information content (AvgIpc) is 2.95. The zero-order valence-corrected chi connectivity index (χ0v) is 24.7. The second kappa shape index (κ2) is 11.0. The fraction of sp³-hybridized carbons (Fsp3) is 0.355. The van der Waals surface area contributed by atoms with Crippen LogP contribution in [-0.2, 0) is 22.6 Å². The molecule has 3 aliphatic rings. The number of allylic oxidation sites excluding steroid dienone is 1. The summed E-state index contributed by atoms with van der Waals surface area (Å²) < 4.78 is 0. The first-order valence-corrected chi connectivity index (χ1v) is 14.0. The molecule has 2 aromatic rings. The molecule has 4 atom stereocenters. The van der Waals surface area contributed by atoms with E-state index in [1.165, 1.54) is 11.0 Å². The number of likely N-dealkylation sites (N-methyl/N-ethyl adjacent to an activating group) is 1. The number of urea groups is 1. The minimum Gasteiger partial charge on any atom is -0.510 e. The summed E-state index contributed by atoms with van der Waals surface area (Å²) in [7, 11) is 6.60. The first-order valence-electron chi connectivity index (χ1n) is 14.0. The van der Waals surface area contributed by atoms with Crippen molar-refractivity contribution in [3.8, 4) is 5.75 Å². The summed E-state index contributed by atoms with van der Waals surface area (Å²) in [5.41, 5.74) is 3.04. The first kappa shape index (κ1) is 30.6. The lowest BCUT2D eigenvalue weighted by atomic mass is 9.58. The van der Waals surface area contributed by atoms with Gasteiger partial charge in [0.1, 0.15) is 17.1 Å². The maximum atomic E-state index is 14.1. The van der Waals surface area contributed by atoms with Crippen molar-refractivity contribution in [2.75, 3.05) is 38.4 Å². The number of nitrogens with two attached hydrogens (primary N) is 1. The van der Waals surface area contributed by atoms with Crippen LogP contribution in [-0.4, -0.2) is 88.7 Å². The zero-order chi connectivity index (χ0) is 32.2. The van der Waals surface area contributed by atoms with Crippen LogP contribution in [0.15, 0.2) is 59.1 Å². The number of nitrogens with zero attached hydrogens (tertiary/aromatic N) is 2. The Morgan fingerprint density at radius 2 is 1.73 bits per heavy atom. The number of phenolic OH excluding ortho intramolecular Hbond substituents is 1. The van der Waals surface area contributed by atoms with Gasteiger partial charge in [-0.15, -0.1) is 0 Å². The summed E-state index contributed by atoms with van der Waals surface area (Å²) in [4.78, 5) is 55.8. The van der Waals surface area contributed by atoms with Crippen LogP contribution in [0.25, 0.3) is 0 Å². The van der Waals surface area contributed by atoms with E-state index in [0.29, 0.717) is 11.3 Å². The maximum Gasteiger partial charge on any atom is 0.319 e. The van der Waals surface area contributed by atoms with Gasteiger partial charge < -0.3 is 41.7 Å². The number of anilines is 2. The molecule has 8 N–H and O–H groups in total. The van der Waals surface area contributed by atoms with E-state index in [1.807, 2.05) is 30.3 Å². The van der Waals surface area contributed by atoms with Crippen molar-refractivity contribution in [2.45, 2.75) is 31.0 Å². The molecule has 0 spiro atoms. The van der Waals surface area contributed by atoms with Gasteiger partial charge in [0.2, 0.25) is 5.78 Å². The molecule has 0 aliphatic heterocycles. The summed E-state index contributed by atoms with van der Waals surface area (Å²) in [6.45, 7) is 0.208. The number of ketones is 2. The number of aromatic hydroxyl groups is 1. The number of nitrogens with one attached hydrogen (secondary N) is 2. The molecule has 0 aromatic heterocycles. The van der Waals surface area contributed by atoms with E-state index in [4.69, 9.17) is 5.73 Å². The van der Waals surface area contributed by atoms with Gasteiger partial charge in [0.25, 0.3) is 5.91 Å². The van der Waals surface area contributed by atoms with Gasteiger partial charge in [-0.3, -0.25) is 19.3 Å². The van der Waals surface area contributed by atoms with Crippen LogP contribution in [0.3, 0.4) is 0 Å². The molecular formula is C31H35N5O8. The fourth-order valence-corrected chi connectivity index (χ4v) is 6.74. The molecule has 0 heterocycles. The van der Waals surface area contributed by atoms with Crippen molar-refractivity contribution >= 4 is 34.9 Å². The van der Waals surface area contributed by atoms with Gasteiger partial charge in [-0.25, -0.2) is 4.79 Å². The summed E-state index contributed by atoms with van der Waals surface area (Å²) in [5, 5.41) is 50.8. The molecular weight excluding hydrogens is 570 g/mol. The van der Waals surface area contributed by atoms with Crippen LogP contribution in [0.4, 0.5) is 16.2 Å². The Morgan fingerprint density at radius 1 is 1.07 bits per heavy atom. The SMILES string of the molecule is CN(C)c1cc(NC(=O)NCc2ccccc2)c(O)c2c1C[C@H]1C[C@H]3[C@H](N(C)C)C(O)=C(C(N)=O)C(=O)[C@@]3(O)C(O)=C1C2=O. The Balaban J connectivity index is 1.59. The lowest BCUT2D eigenvalue weighted by molar-refractivity contribution is -0.148. The number of rotatable bonds is 6. The number of carbonyl (C=O) groups excluding carboxylic acids is 4. The average molecular weight is 606 g/mol. The molecule has 5 rings (SSSR count). The minimum atomic E-state index is -2.74. The summed E-state index contributed by atoms with van der Waals surface area (Å²) in [5.74, 6) is -7.42. The molecule has 13 heteroatoms. The summed E-state index contributed by atoms with van der Waals surface area (Å²) in [6, 6.07) is 8.99. The monoisotopic (exact) mass is 605 g/mol. The van der Waals surface area contributed by atoms with Gasteiger partial charge >= 0.3 is 6.03 Å². The van der Waals surface area contributed by atoms with Gasteiger partial charge in [-0.05, 0) is 50.0 Å². The number of benzene rings is 2. The van der Waals surface area contributed by atoms with E-state index >= 15 is 0 Å². The fourth-order valence-electron chi connectivity index (χ4n) is 6.74. The molecule has 2 aromatic carbocycles. The van der Waals surface area contributed by atoms with Gasteiger partial charge in [-0.1, -0.05) is 30.3 Å². The van der Waals surface area contributed by atoms with E-state index in [0.717, 1.165) is 5.56 Å². The molecule has 0 saturated carbocycles. The zero-order valence-electron chi connectivity index (χ0n) is 24.7. The number of hydrogen-bond donors (Lipinski definition) is 7. The van der Waals surface area contributed by atoms with Gasteiger partial charge in [0.05, 0.1) is 17.3 Å². The topological polar surface area (TPSA) is 206 Å². The van der Waals surface area contributed by atoms with E-state index < -0.39 is 69.8 Å². The minimum absolute atomic E-state index is 0.0265. The van der Waals surface area contributed by atoms with Crippen molar-refractivity contribution in [3.63, 3.8) is 0 Å². The first-order chi connectivity index (χ1) is 20.7. The van der Waals surface area contributed by atoms with Crippen LogP contribution in [0.1, 0.15) is 27.9 Å². The molecule has 0 radical (unpaired) electrons. The Bertz CT molecular complexity index is 1650. The van der Waals surface area contributed by atoms with Gasteiger partial charge in [-0.2, -0.15) is 0 Å². The van der Waals surface area contributed by atoms with Gasteiger partial charge in [0.15, 0.2) is 17.1 Å². The molecule has 0 saturated heterocycles. The molecule has 13 nitrogen and oxygen atoms in total. The van der Waals surface area contributed by atoms with Crippen molar-refractivity contribution in [1.82, 2.24) is 10.2 Å². The molecule has 0 bridgehead atoms. The summed E-state index contributed by atoms with van der Waals surface area (Å²) >= 11 is 0. The molecule has 0 fully saturated rings. The molecule has 3 aliphatic carbocycles. The highest BCUT2D eigenvalue weighted by molar-refractivity contribution is 6.25. The third kappa shape index (κ3) is 4.64. The molecule has 44 heavy (non-hydrogen) atoms. The van der Waals surface area contributed by atoms with Crippen LogP contribution in [0.2, 0.25) is 0 Å². The highest BCUT2D eigenvalue weighted by Gasteiger charge is 2.63. The molecule has 0 unspecified atom stereocenters. The standard InChI is InChI=1S/C31H35N5O8/c1-35(2)19-12-18(34-30(43)33-13-14-8-6-5-7-9-14)24(37)21-16(19)10-15-11-17-23(36(3)4)26(39)22(29(32)42)28(41)31(17,44)27(40)20(15)25(21)38/h5-9,12,15,17,23,37,39-40,44H,10-11,13H2,1-4H3,(H2,32,42)(H2,33,34,43)/t15-,17-,23-,31-/m0/s1. The molecule has 3 amide bonds. The predicted molar refractivity (Wildman–Crippen MR) is 160 cm³/mol. The van der Waals surface area contributed by atoms with Crippen molar-refractivity contribution < 1.29 is 39.6 Å². The smallest absolute Gasteiger partial charge is 0.319 e. The molecule has 232 valence electrons. The third-order valence-corrected chi connectivity index (χ3v) is 8.72. The predicted octanol–water partition coefficient (Wildman–Crippen LogP) is 1.51. The third-order valence-electron chi connectivity index (χ3n) is 8.72. The number of aliphatic hydroxyl groups is 3. The number of aliphatic hydroxyl groups excluding tert-OH is 2. The van der Waals surface area contributed by atoms with Crippen LogP contribution < -0.4 is 21.3 Å². The van der Waals surface area contributed by atoms with E-state index in [2.05, 4.69) is 10.6 Å². The Hall–Kier alpha value is -4.88. The number of Topliss-reactive ketones (excluding diaryl/α,β-unsaturated/α-hetero) is 2. The number of fused-ring (bicyclic) bond motifs is 3. The van der Waals surface area contributed by atoms with E-state index in [9.17, 15) is 39.6 Å². The van der Waals surface area contributed by atoms with Crippen LogP contribution >= 0.6 is 0 Å². The highest BCUT2D eigenvalue weighted by Crippen LogP contribution is 2.53. The van der Waals surface area contributed by atoms with Crippen LogP contribution in [0, 0.1) is 11.8 Å². The number of carbonyl (C=O) groups is 4. The largest absolute Gasteiger partial charge is 0.510 e. The quantitative estimate of drug-likeness (QED) is 0.187. The normalized spacial score (nSPS) is 24.5. The summed E-state index contributed by atoms with van der Waals surface area (Å²) in [6.07, 6.45) is 0.0946. The maximum absolute atomic E-state index is 14.1. The number of hydrogen-bond acceptors (Lipinski definition) is 10. The van der Waals surface area contributed by atoms with Crippen molar-refractivity contribution in [2.24, 2.45) is 17.6 Å². The highest BCUT2D eigenvalue weighted by atomic mass is 16.3. The van der Waals surface area contributed by atoms with Crippen molar-refractivity contribution in [1.29, 1.82) is 0 Å². The lowest BCUT2D eigenvalue weighted by Gasteiger charge is -2.50. The second-order valence-electron chi connectivity index (χ2n) is 11.8. The van der Waals surface area contributed by atoms with Crippen molar-refractivity contribution in [3.05, 3.63) is 75.8 Å². The number of amides is 3. The lowest BCUT2D eigenvalue weighted by Crippen LogP contribution is -2.63. The van der Waals surface area contributed by atoms with E-state index in [-0.39, 0.29) is 36.2 Å². The Labute approximate surface area is 253 Å². The second-order valence-corrected chi connectivity index (χ2v) is 11.8.